The Kier molecular flexibility index (Phi) is 3.38. The van der Waals surface area contributed by atoms with Crippen LogP contribution in [0.25, 0.3) is 0 Å². The first-order valence-corrected chi connectivity index (χ1v) is 6.55. The molecule has 0 fully saturated rings. The van der Waals surface area contributed by atoms with E-state index in [0.717, 1.165) is 12.2 Å². The number of aromatic nitrogens is 3. The first kappa shape index (κ1) is 11.0. The third-order valence-corrected chi connectivity index (χ3v) is 4.18. The number of rotatable bonds is 3. The van der Waals surface area contributed by atoms with Gasteiger partial charge in [-0.2, -0.15) is 0 Å². The van der Waals surface area contributed by atoms with E-state index in [4.69, 9.17) is 12.2 Å². The fraction of sp³-hybridized carbons (Fsp3) is 0.333. The molecule has 1 atom stereocenters. The van der Waals surface area contributed by atoms with E-state index in [1.165, 1.54) is 8.66 Å². The predicted molar refractivity (Wildman–Crippen MR) is 67.9 cm³/mol. The van der Waals surface area contributed by atoms with Crippen molar-refractivity contribution in [3.63, 3.8) is 0 Å². The second-order valence-electron chi connectivity index (χ2n) is 3.36. The number of thiophene rings is 1. The molecule has 6 heteroatoms. The van der Waals surface area contributed by atoms with Crippen molar-refractivity contribution in [2.75, 3.05) is 0 Å². The van der Waals surface area contributed by atoms with Crippen LogP contribution in [0.2, 0.25) is 0 Å². The van der Waals surface area contributed by atoms with Crippen molar-refractivity contribution in [3.8, 4) is 0 Å². The minimum Gasteiger partial charge on any atom is -0.286 e. The van der Waals surface area contributed by atoms with E-state index >= 15 is 0 Å². The van der Waals surface area contributed by atoms with E-state index in [9.17, 15) is 0 Å². The summed E-state index contributed by atoms with van der Waals surface area (Å²) in [6, 6.07) is 4.21. The zero-order valence-electron chi connectivity index (χ0n) is 8.08. The predicted octanol–water partition coefficient (Wildman–Crippen LogP) is 3.64. The number of hydrogen-bond acceptors (Lipinski definition) is 3. The van der Waals surface area contributed by atoms with Crippen LogP contribution in [-0.2, 0) is 6.42 Å². The van der Waals surface area contributed by atoms with Gasteiger partial charge in [-0.05, 0) is 46.2 Å². The van der Waals surface area contributed by atoms with Crippen LogP contribution in [0.15, 0.2) is 15.9 Å². The van der Waals surface area contributed by atoms with Crippen molar-refractivity contribution in [1.82, 2.24) is 15.2 Å². The monoisotopic (exact) mass is 303 g/mol. The maximum Gasteiger partial charge on any atom is 0.213 e. The minimum absolute atomic E-state index is 0.454. The van der Waals surface area contributed by atoms with Gasteiger partial charge < -0.3 is 0 Å². The highest BCUT2D eigenvalue weighted by atomic mass is 79.9. The molecular weight excluding hydrogens is 294 g/mol. The average molecular weight is 304 g/mol. The Morgan fingerprint density at radius 2 is 2.33 bits per heavy atom. The minimum atomic E-state index is 0.454. The maximum absolute atomic E-state index is 4.90. The van der Waals surface area contributed by atoms with Crippen LogP contribution in [0, 0.1) is 4.77 Å². The number of halogens is 1. The van der Waals surface area contributed by atoms with Crippen molar-refractivity contribution in [3.05, 3.63) is 31.4 Å². The molecule has 80 valence electrons. The van der Waals surface area contributed by atoms with Crippen LogP contribution in [0.4, 0.5) is 0 Å². The summed E-state index contributed by atoms with van der Waals surface area (Å²) in [7, 11) is 0. The maximum atomic E-state index is 4.90. The Balaban J connectivity index is 2.10. The molecule has 2 heterocycles. The Bertz CT molecular complexity index is 499. The fourth-order valence-corrected chi connectivity index (χ4v) is 3.02. The highest BCUT2D eigenvalue weighted by Gasteiger charge is 2.10. The molecule has 2 rings (SSSR count). The molecule has 0 radical (unpaired) electrons. The van der Waals surface area contributed by atoms with E-state index in [1.54, 1.807) is 11.3 Å². The van der Waals surface area contributed by atoms with Crippen molar-refractivity contribution >= 4 is 39.5 Å². The van der Waals surface area contributed by atoms with Gasteiger partial charge in [-0.25, -0.2) is 4.98 Å². The van der Waals surface area contributed by atoms with Gasteiger partial charge in [-0.15, -0.1) is 11.3 Å². The van der Waals surface area contributed by atoms with Crippen LogP contribution >= 0.6 is 39.5 Å². The lowest BCUT2D eigenvalue weighted by Gasteiger charge is -2.05. The van der Waals surface area contributed by atoms with Crippen LogP contribution in [0.1, 0.15) is 23.5 Å². The summed E-state index contributed by atoms with van der Waals surface area (Å²) in [5.74, 6) is 1.37. The molecule has 0 spiro atoms. The molecule has 0 amide bonds. The van der Waals surface area contributed by atoms with E-state index in [-0.39, 0.29) is 0 Å². The summed E-state index contributed by atoms with van der Waals surface area (Å²) < 4.78 is 1.68. The molecule has 0 aliphatic heterocycles. The molecular formula is C9H10BrN3S2. The van der Waals surface area contributed by atoms with Crippen LogP contribution in [-0.4, -0.2) is 15.2 Å². The highest BCUT2D eigenvalue weighted by molar-refractivity contribution is 9.11. The molecule has 0 bridgehead atoms. The van der Waals surface area contributed by atoms with E-state index < -0.39 is 0 Å². The second kappa shape index (κ2) is 4.59. The number of nitrogens with one attached hydrogen (secondary N) is 2. The normalized spacial score (nSPS) is 12.9. The van der Waals surface area contributed by atoms with Gasteiger partial charge >= 0.3 is 0 Å². The lowest BCUT2D eigenvalue weighted by molar-refractivity contribution is 0.733. The van der Waals surface area contributed by atoms with Crippen LogP contribution < -0.4 is 0 Å². The van der Waals surface area contributed by atoms with Gasteiger partial charge in [0.15, 0.2) is 0 Å². The summed E-state index contributed by atoms with van der Waals surface area (Å²) in [5, 5.41) is 5.77. The molecule has 3 nitrogen and oxygen atoms in total. The molecule has 0 aliphatic carbocycles. The number of H-pyrrole nitrogens is 2. The zero-order valence-corrected chi connectivity index (χ0v) is 11.3. The van der Waals surface area contributed by atoms with Gasteiger partial charge in [0.25, 0.3) is 0 Å². The third-order valence-electron chi connectivity index (χ3n) is 2.13. The Labute approximate surface area is 105 Å². The van der Waals surface area contributed by atoms with Gasteiger partial charge in [-0.1, -0.05) is 6.92 Å². The summed E-state index contributed by atoms with van der Waals surface area (Å²) in [4.78, 5) is 5.53. The third kappa shape index (κ3) is 2.76. The molecule has 0 saturated carbocycles. The van der Waals surface area contributed by atoms with Gasteiger partial charge in [0.2, 0.25) is 4.77 Å². The molecule has 0 saturated heterocycles. The van der Waals surface area contributed by atoms with Gasteiger partial charge in [0.05, 0.1) is 3.79 Å². The summed E-state index contributed by atoms with van der Waals surface area (Å²) >= 11 is 10.1. The Hall–Kier alpha value is -0.460. The lowest BCUT2D eigenvalue weighted by atomic mass is 10.1. The highest BCUT2D eigenvalue weighted by Crippen LogP contribution is 2.29. The molecule has 0 aliphatic rings. The average Bonchev–Trinajstić information content (AvgIpc) is 2.75. The van der Waals surface area contributed by atoms with Gasteiger partial charge in [0.1, 0.15) is 5.82 Å². The standard InChI is InChI=1S/C9H10BrN3S2/c1-5(6-2-3-7(10)15-6)4-8-11-9(14)13-12-8/h2-3,5H,4H2,1H3,(H2,11,12,13,14). The molecule has 0 aromatic carbocycles. The topological polar surface area (TPSA) is 44.5 Å². The summed E-state index contributed by atoms with van der Waals surface area (Å²) in [6.45, 7) is 2.18. The van der Waals surface area contributed by atoms with Crippen molar-refractivity contribution in [1.29, 1.82) is 0 Å². The van der Waals surface area contributed by atoms with Gasteiger partial charge in [-0.3, -0.25) is 10.2 Å². The number of aromatic amines is 2. The fourth-order valence-electron chi connectivity index (χ4n) is 1.38. The first-order chi connectivity index (χ1) is 7.15. The molecule has 1 unspecified atom stereocenters. The first-order valence-electron chi connectivity index (χ1n) is 4.54. The second-order valence-corrected chi connectivity index (χ2v) is 6.24. The number of hydrogen-bond donors (Lipinski definition) is 2. The van der Waals surface area contributed by atoms with Crippen molar-refractivity contribution in [2.45, 2.75) is 19.3 Å². The Morgan fingerprint density at radius 3 is 2.87 bits per heavy atom. The summed E-state index contributed by atoms with van der Waals surface area (Å²) in [5.41, 5.74) is 0. The Morgan fingerprint density at radius 1 is 1.53 bits per heavy atom. The zero-order chi connectivity index (χ0) is 10.8. The molecule has 2 aromatic rings. The smallest absolute Gasteiger partial charge is 0.213 e. The van der Waals surface area contributed by atoms with E-state index in [2.05, 4.69) is 50.2 Å². The molecule has 2 N–H and O–H groups in total. The van der Waals surface area contributed by atoms with Crippen LogP contribution in [0.5, 0.6) is 0 Å². The van der Waals surface area contributed by atoms with Crippen LogP contribution in [0.3, 0.4) is 0 Å². The van der Waals surface area contributed by atoms with Gasteiger partial charge in [0, 0.05) is 11.3 Å². The number of nitrogens with zero attached hydrogens (tertiary/aromatic N) is 1. The quantitative estimate of drug-likeness (QED) is 0.850. The largest absolute Gasteiger partial charge is 0.286 e. The molecule has 15 heavy (non-hydrogen) atoms. The molecule has 2 aromatic heterocycles. The van der Waals surface area contributed by atoms with E-state index in [1.807, 2.05) is 0 Å². The summed E-state index contributed by atoms with van der Waals surface area (Å²) in [6.07, 6.45) is 0.875. The SMILES string of the molecule is CC(Cc1nc(=S)[nH][nH]1)c1ccc(Br)s1. The van der Waals surface area contributed by atoms with Crippen molar-refractivity contribution < 1.29 is 0 Å². The lowest BCUT2D eigenvalue weighted by Crippen LogP contribution is -1.97. The van der Waals surface area contributed by atoms with Crippen molar-refractivity contribution in [2.24, 2.45) is 0 Å². The van der Waals surface area contributed by atoms with E-state index in [0.29, 0.717) is 10.7 Å².